The molecule has 92 valence electrons. The number of carbonyl (C=O) groups is 1. The Hall–Kier alpha value is -1.42. The molecule has 1 aromatic rings. The van der Waals surface area contributed by atoms with Crippen LogP contribution in [0.15, 0.2) is 18.2 Å². The van der Waals surface area contributed by atoms with Gasteiger partial charge in [0.05, 0.1) is 18.7 Å². The van der Waals surface area contributed by atoms with Gasteiger partial charge in [0.2, 0.25) is 0 Å². The lowest BCUT2D eigenvalue weighted by Crippen LogP contribution is -2.23. The van der Waals surface area contributed by atoms with Gasteiger partial charge in [0.25, 0.3) is 0 Å². The predicted octanol–water partition coefficient (Wildman–Crippen LogP) is 2.26. The number of halogens is 1. The quantitative estimate of drug-likeness (QED) is 0.897. The topological polar surface area (TPSA) is 49.8 Å². The van der Waals surface area contributed by atoms with E-state index < -0.39 is 5.97 Å². The lowest BCUT2D eigenvalue weighted by atomic mass is 10.2. The third kappa shape index (κ3) is 2.31. The highest BCUT2D eigenvalue weighted by atomic mass is 35.5. The molecule has 0 radical (unpaired) electrons. The number of hydrogen-bond acceptors (Lipinski definition) is 3. The van der Waals surface area contributed by atoms with E-state index in [1.165, 1.54) is 0 Å². The highest BCUT2D eigenvalue weighted by Crippen LogP contribution is 2.41. The molecule has 0 saturated heterocycles. The number of aliphatic carboxylic acids is 1. The Kier molecular flexibility index (Phi) is 3.15. The van der Waals surface area contributed by atoms with Crippen LogP contribution in [-0.2, 0) is 4.79 Å². The first-order valence-electron chi connectivity index (χ1n) is 5.33. The number of carboxylic acid groups (broad SMARTS) is 1. The lowest BCUT2D eigenvalue weighted by molar-refractivity contribution is -0.138. The minimum Gasteiger partial charge on any atom is -0.495 e. The number of hydrogen-bond donors (Lipinski definition) is 1. The first-order chi connectivity index (χ1) is 8.04. The van der Waals surface area contributed by atoms with Crippen LogP contribution in [0, 0.1) is 5.92 Å². The first-order valence-corrected chi connectivity index (χ1v) is 5.71. The molecule has 1 aliphatic carbocycles. The zero-order chi connectivity index (χ0) is 12.6. The summed E-state index contributed by atoms with van der Waals surface area (Å²) in [4.78, 5) is 12.8. The molecule has 2 unspecified atom stereocenters. The summed E-state index contributed by atoms with van der Waals surface area (Å²) in [5.74, 6) is -0.334. The smallest absolute Gasteiger partial charge is 0.308 e. The molecule has 5 heteroatoms. The van der Waals surface area contributed by atoms with Crippen LogP contribution < -0.4 is 9.64 Å². The molecule has 0 amide bonds. The van der Waals surface area contributed by atoms with E-state index in [1.807, 2.05) is 11.9 Å². The monoisotopic (exact) mass is 255 g/mol. The van der Waals surface area contributed by atoms with E-state index in [1.54, 1.807) is 25.3 Å². The van der Waals surface area contributed by atoms with E-state index >= 15 is 0 Å². The molecule has 1 fully saturated rings. The van der Waals surface area contributed by atoms with Crippen molar-refractivity contribution in [1.29, 1.82) is 0 Å². The molecule has 0 aromatic heterocycles. The fourth-order valence-electron chi connectivity index (χ4n) is 1.99. The summed E-state index contributed by atoms with van der Waals surface area (Å²) in [6.07, 6.45) is 0.668. The highest BCUT2D eigenvalue weighted by molar-refractivity contribution is 6.30. The van der Waals surface area contributed by atoms with Crippen molar-refractivity contribution in [1.82, 2.24) is 0 Å². The number of benzene rings is 1. The van der Waals surface area contributed by atoms with Crippen LogP contribution in [-0.4, -0.2) is 31.3 Å². The number of methoxy groups -OCH3 is 1. The van der Waals surface area contributed by atoms with Crippen molar-refractivity contribution in [2.75, 3.05) is 19.1 Å². The van der Waals surface area contributed by atoms with Crippen molar-refractivity contribution in [2.45, 2.75) is 12.5 Å². The second-order valence-corrected chi connectivity index (χ2v) is 4.61. The standard InChI is InChI=1S/C12H14ClNO3/c1-14(9-6-8(9)12(15)16)10-5-7(13)3-4-11(10)17-2/h3-5,8-9H,6H2,1-2H3,(H,15,16). The van der Waals surface area contributed by atoms with Crippen molar-refractivity contribution < 1.29 is 14.6 Å². The normalized spacial score (nSPS) is 22.1. The van der Waals surface area contributed by atoms with Crippen LogP contribution in [0.5, 0.6) is 5.75 Å². The van der Waals surface area contributed by atoms with Gasteiger partial charge in [-0.2, -0.15) is 0 Å². The van der Waals surface area contributed by atoms with Crippen molar-refractivity contribution in [3.05, 3.63) is 23.2 Å². The molecule has 0 spiro atoms. The summed E-state index contributed by atoms with van der Waals surface area (Å²) in [6, 6.07) is 5.35. The van der Waals surface area contributed by atoms with Gasteiger partial charge in [-0.3, -0.25) is 4.79 Å². The van der Waals surface area contributed by atoms with Crippen molar-refractivity contribution in [3.63, 3.8) is 0 Å². The first kappa shape index (κ1) is 12.0. The van der Waals surface area contributed by atoms with Crippen molar-refractivity contribution in [2.24, 2.45) is 5.92 Å². The summed E-state index contributed by atoms with van der Waals surface area (Å²) >= 11 is 5.94. The summed E-state index contributed by atoms with van der Waals surface area (Å²) < 4.78 is 5.25. The average Bonchev–Trinajstić information content (AvgIpc) is 3.08. The molecule has 0 heterocycles. The predicted molar refractivity (Wildman–Crippen MR) is 65.9 cm³/mol. The van der Waals surface area contributed by atoms with Crippen LogP contribution >= 0.6 is 11.6 Å². The number of carboxylic acids is 1. The molecule has 2 rings (SSSR count). The Morgan fingerprint density at radius 3 is 2.82 bits per heavy atom. The number of ether oxygens (including phenoxy) is 1. The van der Waals surface area contributed by atoms with E-state index in [0.29, 0.717) is 17.2 Å². The highest BCUT2D eigenvalue weighted by Gasteiger charge is 2.46. The van der Waals surface area contributed by atoms with Crippen molar-refractivity contribution in [3.8, 4) is 5.75 Å². The Balaban J connectivity index is 2.22. The average molecular weight is 256 g/mol. The second-order valence-electron chi connectivity index (χ2n) is 4.17. The van der Waals surface area contributed by atoms with E-state index in [-0.39, 0.29) is 12.0 Å². The second kappa shape index (κ2) is 4.45. The van der Waals surface area contributed by atoms with Gasteiger partial charge in [0.1, 0.15) is 5.75 Å². The van der Waals surface area contributed by atoms with Gasteiger partial charge < -0.3 is 14.7 Å². The van der Waals surface area contributed by atoms with Crippen LogP contribution in [0.25, 0.3) is 0 Å². The number of anilines is 1. The molecule has 1 N–H and O–H groups in total. The zero-order valence-corrected chi connectivity index (χ0v) is 10.4. The molecule has 1 aliphatic rings. The fraction of sp³-hybridized carbons (Fsp3) is 0.417. The Labute approximate surface area is 105 Å². The molecule has 0 aliphatic heterocycles. The molecule has 1 aromatic carbocycles. The summed E-state index contributed by atoms with van der Waals surface area (Å²) in [5.41, 5.74) is 0.828. The summed E-state index contributed by atoms with van der Waals surface area (Å²) in [5, 5.41) is 9.53. The Morgan fingerprint density at radius 2 is 2.29 bits per heavy atom. The summed E-state index contributed by atoms with van der Waals surface area (Å²) in [7, 11) is 3.45. The minimum absolute atomic E-state index is 0.0277. The van der Waals surface area contributed by atoms with Gasteiger partial charge in [-0.05, 0) is 24.6 Å². The molecule has 2 atom stereocenters. The molecular formula is C12H14ClNO3. The number of rotatable bonds is 4. The lowest BCUT2D eigenvalue weighted by Gasteiger charge is -2.22. The van der Waals surface area contributed by atoms with Gasteiger partial charge in [0.15, 0.2) is 0 Å². The molecular weight excluding hydrogens is 242 g/mol. The Bertz CT molecular complexity index is 449. The van der Waals surface area contributed by atoms with Gasteiger partial charge >= 0.3 is 5.97 Å². The maximum atomic E-state index is 10.8. The minimum atomic E-state index is -0.747. The van der Waals surface area contributed by atoms with Gasteiger partial charge in [-0.1, -0.05) is 11.6 Å². The maximum Gasteiger partial charge on any atom is 0.308 e. The van der Waals surface area contributed by atoms with E-state index in [0.717, 1.165) is 5.69 Å². The SMILES string of the molecule is COc1ccc(Cl)cc1N(C)C1CC1C(=O)O. The summed E-state index contributed by atoms with van der Waals surface area (Å²) in [6.45, 7) is 0. The molecule has 4 nitrogen and oxygen atoms in total. The van der Waals surface area contributed by atoms with Crippen molar-refractivity contribution >= 4 is 23.3 Å². The van der Waals surface area contributed by atoms with E-state index in [2.05, 4.69) is 0 Å². The van der Waals surface area contributed by atoms with E-state index in [9.17, 15) is 4.79 Å². The molecule has 1 saturated carbocycles. The molecule has 0 bridgehead atoms. The zero-order valence-electron chi connectivity index (χ0n) is 9.68. The van der Waals surface area contributed by atoms with Crippen LogP contribution in [0.1, 0.15) is 6.42 Å². The van der Waals surface area contributed by atoms with Crippen LogP contribution in [0.4, 0.5) is 5.69 Å². The van der Waals surface area contributed by atoms with Gasteiger partial charge in [-0.25, -0.2) is 0 Å². The largest absolute Gasteiger partial charge is 0.495 e. The van der Waals surface area contributed by atoms with Gasteiger partial charge in [-0.15, -0.1) is 0 Å². The molecule has 17 heavy (non-hydrogen) atoms. The third-order valence-corrected chi connectivity index (χ3v) is 3.33. The van der Waals surface area contributed by atoms with Crippen LogP contribution in [0.2, 0.25) is 5.02 Å². The Morgan fingerprint density at radius 1 is 1.59 bits per heavy atom. The fourth-order valence-corrected chi connectivity index (χ4v) is 2.16. The number of nitrogens with zero attached hydrogens (tertiary/aromatic N) is 1. The van der Waals surface area contributed by atoms with Gasteiger partial charge in [0, 0.05) is 18.1 Å². The third-order valence-electron chi connectivity index (χ3n) is 3.09. The maximum absolute atomic E-state index is 10.8. The van der Waals surface area contributed by atoms with E-state index in [4.69, 9.17) is 21.4 Å². The van der Waals surface area contributed by atoms with Crippen LogP contribution in [0.3, 0.4) is 0 Å².